The van der Waals surface area contributed by atoms with E-state index in [4.69, 9.17) is 0 Å². The van der Waals surface area contributed by atoms with Crippen LogP contribution in [0.4, 0.5) is 4.39 Å². The van der Waals surface area contributed by atoms with Crippen LogP contribution in [0.5, 0.6) is 0 Å². The fraction of sp³-hybridized carbons (Fsp3) is 0.300. The van der Waals surface area contributed by atoms with E-state index in [0.29, 0.717) is 5.95 Å². The van der Waals surface area contributed by atoms with E-state index in [2.05, 4.69) is 25.3 Å². The molecule has 0 unspecified atom stereocenters. The number of halogens is 1. The van der Waals surface area contributed by atoms with E-state index in [1.807, 2.05) is 6.92 Å². The molecule has 3 heterocycles. The Labute approximate surface area is 96.2 Å². The molecule has 7 heteroatoms. The van der Waals surface area contributed by atoms with Crippen molar-refractivity contribution >= 4 is 6.21 Å². The number of hydrogen-bond acceptors (Lipinski definition) is 5. The first-order valence-corrected chi connectivity index (χ1v) is 5.19. The average Bonchev–Trinajstić information content (AvgIpc) is 2.73. The van der Waals surface area contributed by atoms with E-state index in [1.54, 1.807) is 6.21 Å². The maximum atomic E-state index is 12.7. The molecule has 0 bridgehead atoms. The summed E-state index contributed by atoms with van der Waals surface area (Å²) >= 11 is 0. The third-order valence-corrected chi connectivity index (χ3v) is 2.53. The highest BCUT2D eigenvalue weighted by Crippen LogP contribution is 2.15. The van der Waals surface area contributed by atoms with Crippen LogP contribution in [0.25, 0.3) is 5.95 Å². The molecule has 0 amide bonds. The van der Waals surface area contributed by atoms with Crippen LogP contribution in [-0.2, 0) is 6.42 Å². The van der Waals surface area contributed by atoms with Crippen molar-refractivity contribution in [2.75, 3.05) is 0 Å². The topological polar surface area (TPSA) is 68.8 Å². The lowest BCUT2D eigenvalue weighted by atomic mass is 10.1. The Morgan fingerprint density at radius 3 is 2.88 bits per heavy atom. The molecule has 2 aromatic rings. The molecule has 0 N–H and O–H groups in total. The second-order valence-electron chi connectivity index (χ2n) is 3.87. The van der Waals surface area contributed by atoms with Crippen molar-refractivity contribution in [3.05, 3.63) is 29.6 Å². The zero-order valence-corrected chi connectivity index (χ0v) is 9.08. The Bertz CT molecular complexity index is 573. The molecule has 0 aromatic carbocycles. The van der Waals surface area contributed by atoms with Gasteiger partial charge >= 0.3 is 0 Å². The van der Waals surface area contributed by atoms with Crippen molar-refractivity contribution in [2.45, 2.75) is 19.4 Å². The summed E-state index contributed by atoms with van der Waals surface area (Å²) in [5.74, 6) is -0.152. The van der Waals surface area contributed by atoms with Crippen LogP contribution in [0, 0.1) is 5.82 Å². The molecule has 1 atom stereocenters. The highest BCUT2D eigenvalue weighted by Gasteiger charge is 2.20. The molecule has 0 fully saturated rings. The quantitative estimate of drug-likeness (QED) is 0.720. The van der Waals surface area contributed by atoms with Crippen molar-refractivity contribution in [2.24, 2.45) is 4.99 Å². The third kappa shape index (κ3) is 1.69. The minimum Gasteiger partial charge on any atom is -0.287 e. The van der Waals surface area contributed by atoms with E-state index < -0.39 is 5.82 Å². The van der Waals surface area contributed by atoms with Gasteiger partial charge in [-0.1, -0.05) is 5.21 Å². The SMILES string of the molecule is C[C@H]1Cc2c(nnn2-c2ncc(F)cn2)C=N1. The van der Waals surface area contributed by atoms with Gasteiger partial charge in [0, 0.05) is 6.42 Å². The van der Waals surface area contributed by atoms with Gasteiger partial charge in [0.2, 0.25) is 0 Å². The predicted molar refractivity (Wildman–Crippen MR) is 57.7 cm³/mol. The van der Waals surface area contributed by atoms with Gasteiger partial charge in [0.25, 0.3) is 5.95 Å². The van der Waals surface area contributed by atoms with E-state index in [-0.39, 0.29) is 6.04 Å². The summed E-state index contributed by atoms with van der Waals surface area (Å²) in [6, 6.07) is 0.181. The maximum absolute atomic E-state index is 12.7. The number of aliphatic imine (C=N–C) groups is 1. The van der Waals surface area contributed by atoms with Gasteiger partial charge in [-0.05, 0) is 6.92 Å². The lowest BCUT2D eigenvalue weighted by molar-refractivity contribution is 0.602. The fourth-order valence-electron chi connectivity index (χ4n) is 1.71. The number of aromatic nitrogens is 5. The van der Waals surface area contributed by atoms with Gasteiger partial charge in [0.05, 0.1) is 30.3 Å². The van der Waals surface area contributed by atoms with Crippen LogP contribution in [0.15, 0.2) is 17.4 Å². The molecule has 0 saturated heterocycles. The molecule has 3 rings (SSSR count). The highest BCUT2D eigenvalue weighted by molar-refractivity contribution is 5.79. The van der Waals surface area contributed by atoms with Crippen LogP contribution < -0.4 is 0 Å². The summed E-state index contributed by atoms with van der Waals surface area (Å²) in [4.78, 5) is 12.0. The standard InChI is InChI=1S/C10H9FN6/c1-6-2-9-8(5-12-6)15-16-17(9)10-13-3-7(11)4-14-10/h3-6H,2H2,1H3/t6-/m0/s1. The van der Waals surface area contributed by atoms with Crippen LogP contribution in [-0.4, -0.2) is 37.2 Å². The molecule has 17 heavy (non-hydrogen) atoms. The van der Waals surface area contributed by atoms with Crippen LogP contribution in [0.1, 0.15) is 18.3 Å². The predicted octanol–water partition coefficient (Wildman–Crippen LogP) is 0.560. The molecule has 1 aliphatic rings. The molecule has 0 aliphatic carbocycles. The Kier molecular flexibility index (Phi) is 2.17. The van der Waals surface area contributed by atoms with Gasteiger partial charge < -0.3 is 0 Å². The first kappa shape index (κ1) is 10.0. The van der Waals surface area contributed by atoms with Crippen molar-refractivity contribution in [3.63, 3.8) is 0 Å². The number of hydrogen-bond donors (Lipinski definition) is 0. The van der Waals surface area contributed by atoms with E-state index in [1.165, 1.54) is 4.68 Å². The summed E-state index contributed by atoms with van der Waals surface area (Å²) in [5, 5.41) is 7.94. The summed E-state index contributed by atoms with van der Waals surface area (Å²) in [7, 11) is 0. The second kappa shape index (κ2) is 3.69. The van der Waals surface area contributed by atoms with E-state index in [9.17, 15) is 4.39 Å². The molecule has 0 spiro atoms. The zero-order chi connectivity index (χ0) is 11.8. The molecule has 6 nitrogen and oxygen atoms in total. The monoisotopic (exact) mass is 232 g/mol. The van der Waals surface area contributed by atoms with Crippen LogP contribution >= 0.6 is 0 Å². The maximum Gasteiger partial charge on any atom is 0.252 e. The lowest BCUT2D eigenvalue weighted by Gasteiger charge is -2.11. The summed E-state index contributed by atoms with van der Waals surface area (Å²) < 4.78 is 14.3. The first-order chi connectivity index (χ1) is 8.24. The number of fused-ring (bicyclic) bond motifs is 1. The summed E-state index contributed by atoms with van der Waals surface area (Å²) in [6.07, 6.45) is 4.63. The van der Waals surface area contributed by atoms with Crippen LogP contribution in [0.2, 0.25) is 0 Å². The molecular weight excluding hydrogens is 223 g/mol. The van der Waals surface area contributed by atoms with Gasteiger partial charge in [-0.2, -0.15) is 4.68 Å². The fourth-order valence-corrected chi connectivity index (χ4v) is 1.71. The smallest absolute Gasteiger partial charge is 0.252 e. The Balaban J connectivity index is 2.08. The lowest BCUT2D eigenvalue weighted by Crippen LogP contribution is -2.16. The molecule has 2 aromatic heterocycles. The Hall–Kier alpha value is -2.18. The van der Waals surface area contributed by atoms with Crippen molar-refractivity contribution in [1.82, 2.24) is 25.0 Å². The third-order valence-electron chi connectivity index (χ3n) is 2.53. The van der Waals surface area contributed by atoms with Gasteiger partial charge in [0.15, 0.2) is 5.82 Å². The first-order valence-electron chi connectivity index (χ1n) is 5.19. The minimum absolute atomic E-state index is 0.181. The largest absolute Gasteiger partial charge is 0.287 e. The Morgan fingerprint density at radius 1 is 1.35 bits per heavy atom. The molecule has 1 aliphatic heterocycles. The zero-order valence-electron chi connectivity index (χ0n) is 9.08. The summed E-state index contributed by atoms with van der Waals surface area (Å²) in [6.45, 7) is 2.00. The summed E-state index contributed by atoms with van der Waals surface area (Å²) in [5.41, 5.74) is 1.62. The molecule has 86 valence electrons. The van der Waals surface area contributed by atoms with Gasteiger partial charge in [0.1, 0.15) is 5.69 Å². The average molecular weight is 232 g/mol. The highest BCUT2D eigenvalue weighted by atomic mass is 19.1. The van der Waals surface area contributed by atoms with E-state index in [0.717, 1.165) is 30.2 Å². The molecule has 0 saturated carbocycles. The molecular formula is C10H9FN6. The Morgan fingerprint density at radius 2 is 2.12 bits per heavy atom. The van der Waals surface area contributed by atoms with Gasteiger partial charge in [-0.15, -0.1) is 5.10 Å². The van der Waals surface area contributed by atoms with Gasteiger partial charge in [-0.25, -0.2) is 14.4 Å². The number of rotatable bonds is 1. The number of nitrogens with zero attached hydrogens (tertiary/aromatic N) is 6. The second-order valence-corrected chi connectivity index (χ2v) is 3.87. The molecule has 0 radical (unpaired) electrons. The van der Waals surface area contributed by atoms with Crippen molar-refractivity contribution < 1.29 is 4.39 Å². The van der Waals surface area contributed by atoms with Gasteiger partial charge in [-0.3, -0.25) is 4.99 Å². The minimum atomic E-state index is -0.474. The normalized spacial score (nSPS) is 18.1. The van der Waals surface area contributed by atoms with E-state index >= 15 is 0 Å². The van der Waals surface area contributed by atoms with Crippen LogP contribution in [0.3, 0.4) is 0 Å². The van der Waals surface area contributed by atoms with Crippen molar-refractivity contribution in [1.29, 1.82) is 0 Å². The van der Waals surface area contributed by atoms with Crippen molar-refractivity contribution in [3.8, 4) is 5.95 Å².